The molecule has 4 heterocycles. The molecule has 2 aliphatic rings. The fraction of sp³-hybridized carbons (Fsp3) is 0.500. The van der Waals surface area contributed by atoms with Crippen LogP contribution in [0.25, 0.3) is 11.2 Å². The highest BCUT2D eigenvalue weighted by Crippen LogP contribution is 2.42. The van der Waals surface area contributed by atoms with Gasteiger partial charge >= 0.3 is 0 Å². The van der Waals surface area contributed by atoms with E-state index in [2.05, 4.69) is 25.6 Å². The second-order valence-electron chi connectivity index (χ2n) is 5.41. The van der Waals surface area contributed by atoms with Crippen molar-refractivity contribution in [3.63, 3.8) is 0 Å². The molecule has 0 aliphatic carbocycles. The number of ether oxygens (including phenoxy) is 1. The van der Waals surface area contributed by atoms with Crippen LogP contribution >= 0.6 is 0 Å². The molecule has 2 saturated heterocycles. The van der Waals surface area contributed by atoms with Gasteiger partial charge in [0.2, 0.25) is 0 Å². The van der Waals surface area contributed by atoms with Crippen LogP contribution in [0.15, 0.2) is 12.7 Å². The summed E-state index contributed by atoms with van der Waals surface area (Å²) in [6, 6.07) is -0.439. The predicted molar refractivity (Wildman–Crippen MR) is 74.5 cm³/mol. The Hall–Kier alpha value is -2.30. The SMILES string of the molecule is CNC(=O)[C@@]12CN[C@H](C1O)[C@H](n1cnc3c(N)ncnc31)O2. The van der Waals surface area contributed by atoms with Gasteiger partial charge in [0.1, 0.15) is 17.9 Å². The number of nitrogens with one attached hydrogen (secondary N) is 2. The second-order valence-corrected chi connectivity index (χ2v) is 5.41. The van der Waals surface area contributed by atoms with Gasteiger partial charge in [0.15, 0.2) is 23.3 Å². The van der Waals surface area contributed by atoms with Gasteiger partial charge in [-0.05, 0) is 0 Å². The van der Waals surface area contributed by atoms with Crippen LogP contribution < -0.4 is 16.4 Å². The fourth-order valence-corrected chi connectivity index (χ4v) is 3.20. The summed E-state index contributed by atoms with van der Waals surface area (Å²) in [5.41, 5.74) is 5.41. The van der Waals surface area contributed by atoms with Crippen LogP contribution in [0.4, 0.5) is 5.82 Å². The molecule has 4 atom stereocenters. The number of carbonyl (C=O) groups excluding carboxylic acids is 1. The van der Waals surface area contributed by atoms with Crippen molar-refractivity contribution in [2.75, 3.05) is 19.3 Å². The van der Waals surface area contributed by atoms with Crippen molar-refractivity contribution in [1.29, 1.82) is 0 Å². The van der Waals surface area contributed by atoms with E-state index in [0.717, 1.165) is 0 Å². The Morgan fingerprint density at radius 3 is 3.18 bits per heavy atom. The predicted octanol–water partition coefficient (Wildman–Crippen LogP) is -2.25. The minimum atomic E-state index is -1.31. The van der Waals surface area contributed by atoms with Crippen LogP contribution in [-0.2, 0) is 9.53 Å². The van der Waals surface area contributed by atoms with Crippen molar-refractivity contribution in [2.45, 2.75) is 24.0 Å². The molecule has 116 valence electrons. The molecular formula is C12H15N7O3. The third-order valence-electron chi connectivity index (χ3n) is 4.33. The maximum Gasteiger partial charge on any atom is 0.256 e. The fourth-order valence-electron chi connectivity index (χ4n) is 3.20. The summed E-state index contributed by atoms with van der Waals surface area (Å²) in [5, 5.41) is 16.1. The molecule has 2 aromatic rings. The molecule has 4 rings (SSSR count). The monoisotopic (exact) mass is 305 g/mol. The summed E-state index contributed by atoms with van der Waals surface area (Å²) in [5.74, 6) is -0.0995. The Labute approximate surface area is 124 Å². The second kappa shape index (κ2) is 4.35. The van der Waals surface area contributed by atoms with Crippen LogP contribution in [0, 0.1) is 0 Å². The molecule has 2 bridgehead atoms. The molecule has 0 spiro atoms. The van der Waals surface area contributed by atoms with Gasteiger partial charge in [0.25, 0.3) is 5.91 Å². The first-order valence-electron chi connectivity index (χ1n) is 6.83. The Morgan fingerprint density at radius 1 is 1.59 bits per heavy atom. The van der Waals surface area contributed by atoms with Crippen LogP contribution in [0.1, 0.15) is 6.23 Å². The van der Waals surface area contributed by atoms with Gasteiger partial charge in [-0.2, -0.15) is 0 Å². The number of nitrogens with zero attached hydrogens (tertiary/aromatic N) is 4. The van der Waals surface area contributed by atoms with E-state index in [1.54, 1.807) is 4.57 Å². The van der Waals surface area contributed by atoms with Crippen molar-refractivity contribution < 1.29 is 14.6 Å². The lowest BCUT2D eigenvalue weighted by atomic mass is 9.98. The molecule has 0 saturated carbocycles. The van der Waals surface area contributed by atoms with Gasteiger partial charge in [-0.25, -0.2) is 15.0 Å². The van der Waals surface area contributed by atoms with E-state index in [9.17, 15) is 9.90 Å². The van der Waals surface area contributed by atoms with Gasteiger partial charge in [0, 0.05) is 13.6 Å². The number of imidazole rings is 1. The summed E-state index contributed by atoms with van der Waals surface area (Å²) in [7, 11) is 1.51. The zero-order valence-corrected chi connectivity index (χ0v) is 11.7. The van der Waals surface area contributed by atoms with E-state index < -0.39 is 24.0 Å². The number of aliphatic hydroxyl groups excluding tert-OH is 1. The van der Waals surface area contributed by atoms with Gasteiger partial charge in [-0.1, -0.05) is 0 Å². The molecule has 5 N–H and O–H groups in total. The van der Waals surface area contributed by atoms with Crippen LogP contribution in [-0.4, -0.2) is 61.9 Å². The average Bonchev–Trinajstić information content (AvgIpc) is 3.18. The van der Waals surface area contributed by atoms with Gasteiger partial charge in [-0.15, -0.1) is 0 Å². The summed E-state index contributed by atoms with van der Waals surface area (Å²) >= 11 is 0. The first-order valence-corrected chi connectivity index (χ1v) is 6.83. The molecule has 10 heteroatoms. The number of aromatic nitrogens is 4. The Bertz CT molecular complexity index is 762. The van der Waals surface area contributed by atoms with E-state index in [1.165, 1.54) is 19.7 Å². The van der Waals surface area contributed by atoms with Crippen LogP contribution in [0.3, 0.4) is 0 Å². The standard InChI is InChI=1S/C12H15N7O3/c1-14-11(21)12-2-15-5(7(12)20)10(22-12)19-4-18-6-8(13)16-3-17-9(6)19/h3-5,7,10,15,20H,2H2,1H3,(H,14,21)(H2,13,16,17)/t5-,7?,10-,12-/m1/s1. The number of amides is 1. The number of aliphatic hydroxyl groups is 1. The summed E-state index contributed by atoms with van der Waals surface area (Å²) in [6.45, 7) is 0.249. The number of likely N-dealkylation sites (N-methyl/N-ethyl adjacent to an activating group) is 1. The Morgan fingerprint density at radius 2 is 2.41 bits per heavy atom. The number of nitrogens with two attached hydrogens (primary N) is 1. The minimum absolute atomic E-state index is 0.249. The van der Waals surface area contributed by atoms with Crippen molar-refractivity contribution in [2.24, 2.45) is 0 Å². The third kappa shape index (κ3) is 1.48. The number of rotatable bonds is 2. The molecule has 2 aliphatic heterocycles. The van der Waals surface area contributed by atoms with Crippen LogP contribution in [0.2, 0.25) is 0 Å². The van der Waals surface area contributed by atoms with E-state index in [1.807, 2.05) is 0 Å². The molecule has 0 aromatic carbocycles. The lowest BCUT2D eigenvalue weighted by Gasteiger charge is -2.30. The first-order chi connectivity index (χ1) is 10.6. The van der Waals surface area contributed by atoms with Gasteiger partial charge < -0.3 is 26.2 Å². The summed E-state index contributed by atoms with van der Waals surface area (Å²) < 4.78 is 7.55. The Balaban J connectivity index is 1.78. The number of fused-ring (bicyclic) bond motifs is 3. The molecular weight excluding hydrogens is 290 g/mol. The van der Waals surface area contributed by atoms with Gasteiger partial charge in [-0.3, -0.25) is 9.36 Å². The highest BCUT2D eigenvalue weighted by Gasteiger charge is 2.64. The number of morpholine rings is 1. The van der Waals surface area contributed by atoms with Crippen LogP contribution in [0.5, 0.6) is 0 Å². The number of carbonyl (C=O) groups is 1. The number of nitrogen functional groups attached to an aromatic ring is 1. The largest absolute Gasteiger partial charge is 0.388 e. The van der Waals surface area contributed by atoms with E-state index in [-0.39, 0.29) is 18.3 Å². The van der Waals surface area contributed by atoms with Crippen molar-refractivity contribution in [1.82, 2.24) is 30.2 Å². The van der Waals surface area contributed by atoms with Crippen molar-refractivity contribution >= 4 is 22.9 Å². The number of hydrogen-bond donors (Lipinski definition) is 4. The molecule has 2 aromatic heterocycles. The first kappa shape index (κ1) is 13.4. The zero-order chi connectivity index (χ0) is 15.5. The maximum atomic E-state index is 12.1. The summed E-state index contributed by atoms with van der Waals surface area (Å²) in [6.07, 6.45) is 1.28. The third-order valence-corrected chi connectivity index (χ3v) is 4.33. The summed E-state index contributed by atoms with van der Waals surface area (Å²) in [4.78, 5) is 24.4. The van der Waals surface area contributed by atoms with Gasteiger partial charge in [0.05, 0.1) is 12.4 Å². The average molecular weight is 305 g/mol. The quantitative estimate of drug-likeness (QED) is 0.488. The molecule has 1 unspecified atom stereocenters. The van der Waals surface area contributed by atoms with Crippen molar-refractivity contribution in [3.8, 4) is 0 Å². The highest BCUT2D eigenvalue weighted by atomic mass is 16.6. The molecule has 10 nitrogen and oxygen atoms in total. The lowest BCUT2D eigenvalue weighted by Crippen LogP contribution is -2.54. The molecule has 2 fully saturated rings. The minimum Gasteiger partial charge on any atom is -0.388 e. The molecule has 22 heavy (non-hydrogen) atoms. The number of hydrogen-bond acceptors (Lipinski definition) is 8. The number of anilines is 1. The Kier molecular flexibility index (Phi) is 2.64. The van der Waals surface area contributed by atoms with E-state index in [0.29, 0.717) is 11.2 Å². The topological polar surface area (TPSA) is 140 Å². The molecule has 0 radical (unpaired) electrons. The smallest absolute Gasteiger partial charge is 0.256 e. The highest BCUT2D eigenvalue weighted by molar-refractivity contribution is 5.87. The van der Waals surface area contributed by atoms with Crippen molar-refractivity contribution in [3.05, 3.63) is 12.7 Å². The van der Waals surface area contributed by atoms with E-state index >= 15 is 0 Å². The maximum absolute atomic E-state index is 12.1. The molecule has 1 amide bonds. The lowest BCUT2D eigenvalue weighted by molar-refractivity contribution is -0.158. The van der Waals surface area contributed by atoms with E-state index in [4.69, 9.17) is 10.5 Å². The zero-order valence-electron chi connectivity index (χ0n) is 11.7. The normalized spacial score (nSPS) is 33.5.